The van der Waals surface area contributed by atoms with Gasteiger partial charge in [-0.1, -0.05) is 0 Å². The number of amides is 2. The Balaban J connectivity index is 1.79. The van der Waals surface area contributed by atoms with Gasteiger partial charge in [-0.3, -0.25) is 4.79 Å². The van der Waals surface area contributed by atoms with E-state index < -0.39 is 122 Å². The van der Waals surface area contributed by atoms with E-state index in [9.17, 15) is 50.4 Å². The molecule has 15 N–H and O–H groups in total. The summed E-state index contributed by atoms with van der Waals surface area (Å²) < 4.78 is 28.1. The third-order valence-corrected chi connectivity index (χ3v) is 8.33. The molecule has 3 rings (SSSR count). The Morgan fingerprint density at radius 2 is 1.48 bits per heavy atom. The van der Waals surface area contributed by atoms with Crippen LogP contribution in [0.15, 0.2) is 0 Å². The van der Waals surface area contributed by atoms with Crippen LogP contribution in [0.5, 0.6) is 0 Å². The Hall–Kier alpha value is -1.86. The van der Waals surface area contributed by atoms with Crippen molar-refractivity contribution in [2.24, 2.45) is 11.5 Å². The van der Waals surface area contributed by atoms with Gasteiger partial charge in [-0.25, -0.2) is 4.79 Å². The van der Waals surface area contributed by atoms with Gasteiger partial charge in [-0.15, -0.1) is 0 Å². The summed E-state index contributed by atoms with van der Waals surface area (Å²) in [6.45, 7) is 4.24. The Labute approximate surface area is 277 Å². The van der Waals surface area contributed by atoms with E-state index in [-0.39, 0.29) is 25.9 Å². The molecule has 16 atom stereocenters. The lowest BCUT2D eigenvalue weighted by molar-refractivity contribution is -0.333. The van der Waals surface area contributed by atoms with E-state index >= 15 is 0 Å². The molecule has 2 saturated heterocycles. The molecule has 0 bridgehead atoms. The summed E-state index contributed by atoms with van der Waals surface area (Å²) in [7, 11) is 1.57. The second-order valence-corrected chi connectivity index (χ2v) is 13.3. The topological polar surface area (TPSA) is 330 Å². The zero-order valence-electron chi connectivity index (χ0n) is 27.4. The van der Waals surface area contributed by atoms with Crippen molar-refractivity contribution in [3.63, 3.8) is 0 Å². The van der Waals surface area contributed by atoms with Gasteiger partial charge in [0.2, 0.25) is 5.91 Å². The maximum atomic E-state index is 13.0. The lowest BCUT2D eigenvalue weighted by Crippen LogP contribution is -2.69. The molecule has 2 heterocycles. The maximum absolute atomic E-state index is 13.0. The number of nitrogens with two attached hydrogens (primary N) is 2. The van der Waals surface area contributed by atoms with Crippen LogP contribution in [0.3, 0.4) is 0 Å². The third kappa shape index (κ3) is 10.1. The van der Waals surface area contributed by atoms with Crippen LogP contribution in [0.1, 0.15) is 33.6 Å². The van der Waals surface area contributed by atoms with E-state index in [1.807, 2.05) is 0 Å². The standard InChI is InChI=1S/C28H53N5O15/c1-28(2,3)48-27(43)32-6-5-12(35)24(42)33-11-7-10(29)22(46-26-20(40)19(39)17(37)13(44-26)8-31-4)21(41)23(11)47-25-18(38)15(30)16(36)14(9-34)45-25/h10-23,25-26,31,34-41H,5-9,29-30H2,1-4H3,(H,32,43)(H,33,42). The molecule has 2 amide bonds. The second kappa shape index (κ2) is 17.4. The van der Waals surface area contributed by atoms with Crippen molar-refractivity contribution in [3.8, 4) is 0 Å². The number of likely N-dealkylation sites (N-methyl/N-ethyl adjacent to an activating group) is 1. The van der Waals surface area contributed by atoms with Gasteiger partial charge < -0.3 is 92.0 Å². The highest BCUT2D eigenvalue weighted by Crippen LogP contribution is 2.32. The van der Waals surface area contributed by atoms with E-state index in [0.717, 1.165) is 0 Å². The Bertz CT molecular complexity index is 1040. The average molecular weight is 700 g/mol. The quantitative estimate of drug-likeness (QED) is 0.0900. The molecule has 0 aromatic rings. The number of carbonyl (C=O) groups is 2. The number of carbonyl (C=O) groups excluding carboxylic acids is 2. The average Bonchev–Trinajstić information content (AvgIpc) is 3.00. The van der Waals surface area contributed by atoms with Gasteiger partial charge in [0.05, 0.1) is 18.7 Å². The lowest BCUT2D eigenvalue weighted by Gasteiger charge is -2.49. The van der Waals surface area contributed by atoms with E-state index in [1.165, 1.54) is 0 Å². The van der Waals surface area contributed by atoms with Crippen LogP contribution in [0, 0.1) is 0 Å². The molecule has 3 aliphatic rings. The van der Waals surface area contributed by atoms with Crippen LogP contribution in [-0.4, -0.2) is 183 Å². The van der Waals surface area contributed by atoms with Crippen LogP contribution < -0.4 is 27.4 Å². The third-order valence-electron chi connectivity index (χ3n) is 8.33. The van der Waals surface area contributed by atoms with Crippen molar-refractivity contribution in [3.05, 3.63) is 0 Å². The number of aliphatic hydroxyl groups is 8. The van der Waals surface area contributed by atoms with E-state index in [1.54, 1.807) is 27.8 Å². The monoisotopic (exact) mass is 699 g/mol. The second-order valence-electron chi connectivity index (χ2n) is 13.3. The highest BCUT2D eigenvalue weighted by atomic mass is 16.7. The Kier molecular flexibility index (Phi) is 14.7. The first-order valence-electron chi connectivity index (χ1n) is 15.8. The molecule has 280 valence electrons. The summed E-state index contributed by atoms with van der Waals surface area (Å²) in [6, 6.07) is -3.61. The van der Waals surface area contributed by atoms with E-state index in [0.29, 0.717) is 0 Å². The van der Waals surface area contributed by atoms with Crippen molar-refractivity contribution in [1.29, 1.82) is 0 Å². The van der Waals surface area contributed by atoms with Gasteiger partial charge in [0.25, 0.3) is 0 Å². The predicted octanol–water partition coefficient (Wildman–Crippen LogP) is -6.60. The molecule has 20 nitrogen and oxygen atoms in total. The molecular weight excluding hydrogens is 646 g/mol. The highest BCUT2D eigenvalue weighted by molar-refractivity contribution is 5.81. The van der Waals surface area contributed by atoms with Crippen LogP contribution in [-0.2, 0) is 28.5 Å². The number of hydrogen-bond donors (Lipinski definition) is 13. The molecule has 1 saturated carbocycles. The van der Waals surface area contributed by atoms with Gasteiger partial charge in [0.15, 0.2) is 12.6 Å². The molecule has 0 aromatic heterocycles. The summed E-state index contributed by atoms with van der Waals surface area (Å²) >= 11 is 0. The van der Waals surface area contributed by atoms with Crippen LogP contribution in [0.2, 0.25) is 0 Å². The number of aliphatic hydroxyl groups excluding tert-OH is 8. The molecule has 1 aliphatic carbocycles. The van der Waals surface area contributed by atoms with Crippen LogP contribution >= 0.6 is 0 Å². The fraction of sp³-hybridized carbons (Fsp3) is 0.929. The van der Waals surface area contributed by atoms with Crippen LogP contribution in [0.4, 0.5) is 4.79 Å². The SMILES string of the molecule is CNCC1OC(OC2C(N)CC(NC(=O)C(O)CCNC(=O)OC(C)(C)C)C(OC3OC(CO)C(O)C(N)C3O)C2O)C(O)C(O)C1O. The normalized spacial score (nSPS) is 41.3. The number of alkyl carbamates (subject to hydrolysis) is 1. The van der Waals surface area contributed by atoms with Gasteiger partial charge >= 0.3 is 6.09 Å². The zero-order valence-corrected chi connectivity index (χ0v) is 27.4. The molecule has 0 radical (unpaired) electrons. The summed E-state index contributed by atoms with van der Waals surface area (Å²) in [5, 5.41) is 91.7. The van der Waals surface area contributed by atoms with Gasteiger partial charge in [0, 0.05) is 19.1 Å². The molecule has 2 aliphatic heterocycles. The molecule has 0 spiro atoms. The number of ether oxygens (including phenoxy) is 5. The van der Waals surface area contributed by atoms with Crippen molar-refractivity contribution < 1.29 is 74.1 Å². The minimum atomic E-state index is -1.76. The summed E-state index contributed by atoms with van der Waals surface area (Å²) in [6.07, 6.45) is -21.1. The van der Waals surface area contributed by atoms with Gasteiger partial charge in [-0.05, 0) is 40.7 Å². The van der Waals surface area contributed by atoms with Gasteiger partial charge in [-0.2, -0.15) is 0 Å². The van der Waals surface area contributed by atoms with E-state index in [4.69, 9.17) is 35.2 Å². The van der Waals surface area contributed by atoms with Gasteiger partial charge in [0.1, 0.15) is 72.7 Å². The molecule has 0 aromatic carbocycles. The number of hydrogen-bond acceptors (Lipinski definition) is 18. The first kappa shape index (κ1) is 40.6. The molecule has 3 fully saturated rings. The van der Waals surface area contributed by atoms with Crippen molar-refractivity contribution in [2.45, 2.75) is 137 Å². The minimum Gasteiger partial charge on any atom is -0.444 e. The predicted molar refractivity (Wildman–Crippen MR) is 161 cm³/mol. The first-order chi connectivity index (χ1) is 22.4. The minimum absolute atomic E-state index is 0.0641. The smallest absolute Gasteiger partial charge is 0.407 e. The Morgan fingerprint density at radius 1 is 0.875 bits per heavy atom. The summed E-state index contributed by atoms with van der Waals surface area (Å²) in [4.78, 5) is 25.0. The molecular formula is C28H53N5O15. The summed E-state index contributed by atoms with van der Waals surface area (Å²) in [5.41, 5.74) is 11.5. The maximum Gasteiger partial charge on any atom is 0.407 e. The Morgan fingerprint density at radius 3 is 2.08 bits per heavy atom. The largest absolute Gasteiger partial charge is 0.444 e. The lowest BCUT2D eigenvalue weighted by atomic mass is 9.83. The fourth-order valence-electron chi connectivity index (χ4n) is 5.71. The molecule has 16 unspecified atom stereocenters. The zero-order chi connectivity index (χ0) is 36.1. The summed E-state index contributed by atoms with van der Waals surface area (Å²) in [5.74, 6) is -0.929. The number of rotatable bonds is 12. The van der Waals surface area contributed by atoms with E-state index in [2.05, 4.69) is 16.0 Å². The molecule has 48 heavy (non-hydrogen) atoms. The fourth-order valence-corrected chi connectivity index (χ4v) is 5.71. The van der Waals surface area contributed by atoms with Crippen LogP contribution in [0.25, 0.3) is 0 Å². The highest BCUT2D eigenvalue weighted by Gasteiger charge is 2.52. The number of nitrogens with one attached hydrogen (secondary N) is 3. The first-order valence-corrected chi connectivity index (χ1v) is 15.8. The van der Waals surface area contributed by atoms with Crippen molar-refractivity contribution in [2.75, 3.05) is 26.7 Å². The molecule has 20 heteroatoms. The van der Waals surface area contributed by atoms with Crippen molar-refractivity contribution >= 4 is 12.0 Å². The van der Waals surface area contributed by atoms with Crippen molar-refractivity contribution in [1.82, 2.24) is 16.0 Å².